The zero-order valence-electron chi connectivity index (χ0n) is 16.3. The van der Waals surface area contributed by atoms with E-state index in [9.17, 15) is 9.59 Å². The third-order valence-electron chi connectivity index (χ3n) is 4.28. The average Bonchev–Trinajstić information content (AvgIpc) is 2.70. The molecule has 2 rings (SSSR count). The van der Waals surface area contributed by atoms with Gasteiger partial charge in [0.05, 0.1) is 5.75 Å². The Hall–Kier alpha value is -1.40. The lowest BCUT2D eigenvalue weighted by Gasteiger charge is -2.29. The molecule has 29 heavy (non-hydrogen) atoms. The molecular weight excluding hydrogens is 451 g/mol. The molecule has 2 aromatic rings. The van der Waals surface area contributed by atoms with Crippen molar-refractivity contribution in [3.63, 3.8) is 0 Å². The number of benzene rings is 2. The van der Waals surface area contributed by atoms with Crippen molar-refractivity contribution in [3.8, 4) is 0 Å². The van der Waals surface area contributed by atoms with Crippen LogP contribution in [0, 0.1) is 0 Å². The topological polar surface area (TPSA) is 49.4 Å². The van der Waals surface area contributed by atoms with E-state index in [0.717, 1.165) is 11.3 Å². The van der Waals surface area contributed by atoms with Gasteiger partial charge in [-0.25, -0.2) is 0 Å². The maximum atomic E-state index is 13.0. The second-order valence-corrected chi connectivity index (χ2v) is 8.73. The van der Waals surface area contributed by atoms with Crippen molar-refractivity contribution >= 4 is 58.4 Å². The molecule has 0 unspecified atom stereocenters. The fourth-order valence-electron chi connectivity index (χ4n) is 2.59. The smallest absolute Gasteiger partial charge is 0.242 e. The lowest BCUT2D eigenvalue weighted by molar-refractivity contribution is -0.138. The van der Waals surface area contributed by atoms with Gasteiger partial charge in [0.1, 0.15) is 6.04 Å². The van der Waals surface area contributed by atoms with Gasteiger partial charge >= 0.3 is 0 Å². The van der Waals surface area contributed by atoms with E-state index in [0.29, 0.717) is 27.2 Å². The van der Waals surface area contributed by atoms with Gasteiger partial charge < -0.3 is 10.2 Å². The van der Waals surface area contributed by atoms with Gasteiger partial charge in [0.25, 0.3) is 0 Å². The van der Waals surface area contributed by atoms with E-state index < -0.39 is 6.04 Å². The summed E-state index contributed by atoms with van der Waals surface area (Å²) in [6, 6.07) is 11.8. The number of amides is 2. The van der Waals surface area contributed by atoms with Crippen molar-refractivity contribution in [1.29, 1.82) is 0 Å². The Kier molecular flexibility index (Phi) is 9.63. The van der Waals surface area contributed by atoms with Crippen LogP contribution in [0.25, 0.3) is 0 Å². The fraction of sp³-hybridized carbons (Fsp3) is 0.333. The van der Waals surface area contributed by atoms with Gasteiger partial charge in [0, 0.05) is 38.6 Å². The van der Waals surface area contributed by atoms with Gasteiger partial charge in [0.15, 0.2) is 0 Å². The maximum absolute atomic E-state index is 13.0. The zero-order chi connectivity index (χ0) is 21.4. The number of hydrogen-bond acceptors (Lipinski definition) is 3. The number of carbonyl (C=O) groups is 2. The molecule has 2 amide bonds. The number of halogens is 3. The Morgan fingerprint density at radius 2 is 1.69 bits per heavy atom. The van der Waals surface area contributed by atoms with Gasteiger partial charge in [0.2, 0.25) is 11.8 Å². The van der Waals surface area contributed by atoms with Gasteiger partial charge in [-0.05, 0) is 49.7 Å². The molecule has 0 saturated carbocycles. The predicted octanol–water partition coefficient (Wildman–Crippen LogP) is 5.68. The van der Waals surface area contributed by atoms with Crippen LogP contribution < -0.4 is 5.32 Å². The van der Waals surface area contributed by atoms with Crippen LogP contribution in [0.2, 0.25) is 15.1 Å². The molecule has 0 aliphatic heterocycles. The van der Waals surface area contributed by atoms with Gasteiger partial charge in [-0.2, -0.15) is 0 Å². The maximum Gasteiger partial charge on any atom is 0.242 e. The molecule has 0 fully saturated rings. The number of hydrogen-bond donors (Lipinski definition) is 1. The molecule has 0 radical (unpaired) electrons. The Morgan fingerprint density at radius 1 is 1.07 bits per heavy atom. The molecule has 8 heteroatoms. The van der Waals surface area contributed by atoms with Crippen LogP contribution in [0.15, 0.2) is 47.4 Å². The van der Waals surface area contributed by atoms with Gasteiger partial charge in [-0.3, -0.25) is 9.59 Å². The summed E-state index contributed by atoms with van der Waals surface area (Å²) in [5, 5.41) is 4.40. The van der Waals surface area contributed by atoms with Crippen LogP contribution >= 0.6 is 46.6 Å². The van der Waals surface area contributed by atoms with Crippen LogP contribution in [-0.4, -0.2) is 35.1 Å². The number of thioether (sulfide) groups is 1. The fourth-order valence-corrected chi connectivity index (χ4v) is 4.02. The molecule has 0 aliphatic rings. The number of nitrogens with zero attached hydrogens (tertiary/aromatic N) is 1. The Labute approximate surface area is 190 Å². The first-order valence-electron chi connectivity index (χ1n) is 9.22. The molecule has 1 N–H and O–H groups in total. The molecule has 0 aromatic heterocycles. The standard InChI is InChI=1S/C21H23Cl3N2O2S/c1-3-11-25-21(28)14(2)26(12-17-18(23)5-4-6-19(17)24)20(27)13-29-16-9-7-15(22)8-10-16/h4-10,14H,3,11-13H2,1-2H3,(H,25,28)/t14-/m0/s1. The van der Waals surface area contributed by atoms with Crippen LogP contribution in [-0.2, 0) is 16.1 Å². The van der Waals surface area contributed by atoms with Crippen LogP contribution in [0.5, 0.6) is 0 Å². The van der Waals surface area contributed by atoms with Crippen LogP contribution in [0.4, 0.5) is 0 Å². The summed E-state index contributed by atoms with van der Waals surface area (Å²) in [6.07, 6.45) is 0.815. The second kappa shape index (κ2) is 11.7. The lowest BCUT2D eigenvalue weighted by Crippen LogP contribution is -2.48. The number of nitrogens with one attached hydrogen (secondary N) is 1. The van der Waals surface area contributed by atoms with Crippen molar-refractivity contribution in [2.75, 3.05) is 12.3 Å². The first-order valence-corrected chi connectivity index (χ1v) is 11.3. The van der Waals surface area contributed by atoms with E-state index in [1.807, 2.05) is 19.1 Å². The normalized spacial score (nSPS) is 11.8. The molecule has 156 valence electrons. The van der Waals surface area contributed by atoms with E-state index in [2.05, 4.69) is 5.32 Å². The van der Waals surface area contributed by atoms with Gasteiger partial charge in [-0.1, -0.05) is 47.8 Å². The van der Waals surface area contributed by atoms with Gasteiger partial charge in [-0.15, -0.1) is 11.8 Å². The van der Waals surface area contributed by atoms with Crippen molar-refractivity contribution in [2.24, 2.45) is 0 Å². The summed E-state index contributed by atoms with van der Waals surface area (Å²) < 4.78 is 0. The SMILES string of the molecule is CCCNC(=O)[C@H](C)N(Cc1c(Cl)cccc1Cl)C(=O)CSc1ccc(Cl)cc1. The van der Waals surface area contributed by atoms with Crippen molar-refractivity contribution in [3.05, 3.63) is 63.1 Å². The van der Waals surface area contributed by atoms with E-state index >= 15 is 0 Å². The highest BCUT2D eigenvalue weighted by atomic mass is 35.5. The first kappa shape index (κ1) is 23.9. The molecule has 1 atom stereocenters. The molecule has 4 nitrogen and oxygen atoms in total. The van der Waals surface area contributed by atoms with Crippen molar-refractivity contribution in [1.82, 2.24) is 10.2 Å². The summed E-state index contributed by atoms with van der Waals surface area (Å²) in [4.78, 5) is 28.0. The number of rotatable bonds is 9. The van der Waals surface area contributed by atoms with Crippen LogP contribution in [0.3, 0.4) is 0 Å². The summed E-state index contributed by atoms with van der Waals surface area (Å²) >= 11 is 19.9. The highest BCUT2D eigenvalue weighted by molar-refractivity contribution is 8.00. The van der Waals surface area contributed by atoms with E-state index in [-0.39, 0.29) is 24.1 Å². The van der Waals surface area contributed by atoms with Crippen molar-refractivity contribution in [2.45, 2.75) is 37.8 Å². The quantitative estimate of drug-likeness (QED) is 0.476. The Morgan fingerprint density at radius 3 is 2.28 bits per heavy atom. The minimum Gasteiger partial charge on any atom is -0.354 e. The average molecular weight is 474 g/mol. The largest absolute Gasteiger partial charge is 0.354 e. The minimum atomic E-state index is -0.660. The first-order chi connectivity index (χ1) is 13.8. The van der Waals surface area contributed by atoms with Crippen LogP contribution in [0.1, 0.15) is 25.8 Å². The predicted molar refractivity (Wildman–Crippen MR) is 122 cm³/mol. The monoisotopic (exact) mass is 472 g/mol. The third kappa shape index (κ3) is 7.10. The minimum absolute atomic E-state index is 0.152. The highest BCUT2D eigenvalue weighted by Crippen LogP contribution is 2.27. The molecule has 2 aromatic carbocycles. The summed E-state index contributed by atoms with van der Waals surface area (Å²) in [5.41, 5.74) is 0.621. The molecular formula is C21H23Cl3N2O2S. The molecule has 0 aliphatic carbocycles. The van der Waals surface area contributed by atoms with Crippen molar-refractivity contribution < 1.29 is 9.59 Å². The lowest BCUT2D eigenvalue weighted by atomic mass is 10.1. The Balaban J connectivity index is 2.19. The van der Waals surface area contributed by atoms with E-state index in [1.54, 1.807) is 37.3 Å². The number of carbonyl (C=O) groups excluding carboxylic acids is 2. The van der Waals surface area contributed by atoms with E-state index in [1.165, 1.54) is 16.7 Å². The third-order valence-corrected chi connectivity index (χ3v) is 6.24. The summed E-state index contributed by atoms with van der Waals surface area (Å²) in [6.45, 7) is 4.39. The molecule has 0 bridgehead atoms. The second-order valence-electron chi connectivity index (χ2n) is 6.43. The van der Waals surface area contributed by atoms with E-state index in [4.69, 9.17) is 34.8 Å². The zero-order valence-corrected chi connectivity index (χ0v) is 19.3. The Bertz CT molecular complexity index is 826. The summed E-state index contributed by atoms with van der Waals surface area (Å²) in [7, 11) is 0. The molecule has 0 spiro atoms. The highest BCUT2D eigenvalue weighted by Gasteiger charge is 2.27. The molecule has 0 heterocycles. The summed E-state index contributed by atoms with van der Waals surface area (Å²) in [5.74, 6) is -0.213. The molecule has 0 saturated heterocycles.